The van der Waals surface area contributed by atoms with Crippen LogP contribution in [0.2, 0.25) is 0 Å². The zero-order chi connectivity index (χ0) is 17.6. The first-order valence-electron chi connectivity index (χ1n) is 9.19. The van der Waals surface area contributed by atoms with Crippen LogP contribution < -0.4 is 4.90 Å². The number of para-hydroxylation sites is 1. The molecule has 0 bridgehead atoms. The molecule has 1 aromatic carbocycles. The SMILES string of the molecule is CCOC(=O)N1CCC(C(=O)N2CCN(c3ccccc3)CC2)CC1. The number of carbonyl (C=O) groups excluding carboxylic acids is 2. The summed E-state index contributed by atoms with van der Waals surface area (Å²) in [4.78, 5) is 30.5. The molecule has 0 radical (unpaired) electrons. The summed E-state index contributed by atoms with van der Waals surface area (Å²) in [6.07, 6.45) is 1.21. The van der Waals surface area contributed by atoms with E-state index in [4.69, 9.17) is 4.74 Å². The van der Waals surface area contributed by atoms with Crippen LogP contribution in [0.4, 0.5) is 10.5 Å². The third kappa shape index (κ3) is 4.24. The molecular formula is C19H27N3O3. The first-order chi connectivity index (χ1) is 12.2. The maximum atomic E-state index is 12.8. The zero-order valence-corrected chi connectivity index (χ0v) is 14.9. The number of hydrogen-bond acceptors (Lipinski definition) is 4. The van der Waals surface area contributed by atoms with Gasteiger partial charge in [0.1, 0.15) is 0 Å². The van der Waals surface area contributed by atoms with Crippen LogP contribution in [-0.2, 0) is 9.53 Å². The predicted molar refractivity (Wildman–Crippen MR) is 96.6 cm³/mol. The molecule has 0 N–H and O–H groups in total. The molecule has 2 fully saturated rings. The Labute approximate surface area is 149 Å². The van der Waals surface area contributed by atoms with Gasteiger partial charge in [-0.15, -0.1) is 0 Å². The van der Waals surface area contributed by atoms with Gasteiger partial charge in [0.25, 0.3) is 0 Å². The second kappa shape index (κ2) is 8.23. The van der Waals surface area contributed by atoms with E-state index in [0.29, 0.717) is 19.7 Å². The highest BCUT2D eigenvalue weighted by molar-refractivity contribution is 5.79. The van der Waals surface area contributed by atoms with Crippen LogP contribution in [0, 0.1) is 5.92 Å². The lowest BCUT2D eigenvalue weighted by atomic mass is 9.95. The Balaban J connectivity index is 1.46. The molecule has 0 aliphatic carbocycles. The monoisotopic (exact) mass is 345 g/mol. The van der Waals surface area contributed by atoms with Crippen molar-refractivity contribution in [2.45, 2.75) is 19.8 Å². The van der Waals surface area contributed by atoms with E-state index in [2.05, 4.69) is 17.0 Å². The van der Waals surface area contributed by atoms with Gasteiger partial charge in [-0.1, -0.05) is 18.2 Å². The van der Waals surface area contributed by atoms with E-state index in [1.807, 2.05) is 30.0 Å². The van der Waals surface area contributed by atoms with Crippen molar-refractivity contribution < 1.29 is 14.3 Å². The Kier molecular flexibility index (Phi) is 5.79. The Morgan fingerprint density at radius 3 is 2.20 bits per heavy atom. The zero-order valence-electron chi connectivity index (χ0n) is 14.9. The quantitative estimate of drug-likeness (QED) is 0.843. The summed E-state index contributed by atoms with van der Waals surface area (Å²) in [6, 6.07) is 10.3. The minimum absolute atomic E-state index is 0.0361. The number of anilines is 1. The van der Waals surface area contributed by atoms with Crippen LogP contribution in [0.3, 0.4) is 0 Å². The number of amides is 2. The van der Waals surface area contributed by atoms with Gasteiger partial charge in [-0.3, -0.25) is 4.79 Å². The molecule has 2 amide bonds. The van der Waals surface area contributed by atoms with Crippen LogP contribution in [-0.4, -0.2) is 67.7 Å². The number of benzene rings is 1. The molecule has 0 atom stereocenters. The first-order valence-corrected chi connectivity index (χ1v) is 9.19. The molecule has 136 valence electrons. The molecule has 25 heavy (non-hydrogen) atoms. The van der Waals surface area contributed by atoms with Crippen molar-refractivity contribution >= 4 is 17.7 Å². The molecule has 0 spiro atoms. The fraction of sp³-hybridized carbons (Fsp3) is 0.579. The van der Waals surface area contributed by atoms with Crippen LogP contribution >= 0.6 is 0 Å². The van der Waals surface area contributed by atoms with Gasteiger partial charge in [0, 0.05) is 50.9 Å². The molecule has 2 aliphatic rings. The van der Waals surface area contributed by atoms with Gasteiger partial charge < -0.3 is 19.4 Å². The molecule has 1 aromatic rings. The first kappa shape index (κ1) is 17.6. The highest BCUT2D eigenvalue weighted by Gasteiger charge is 2.32. The number of nitrogens with zero attached hydrogens (tertiary/aromatic N) is 3. The number of rotatable bonds is 3. The van der Waals surface area contributed by atoms with Crippen LogP contribution in [0.1, 0.15) is 19.8 Å². The molecule has 2 saturated heterocycles. The topological polar surface area (TPSA) is 53.1 Å². The van der Waals surface area contributed by atoms with Crippen LogP contribution in [0.5, 0.6) is 0 Å². The van der Waals surface area contributed by atoms with Gasteiger partial charge in [-0.2, -0.15) is 0 Å². The minimum atomic E-state index is -0.259. The molecule has 0 saturated carbocycles. The van der Waals surface area contributed by atoms with Gasteiger partial charge in [0.05, 0.1) is 6.61 Å². The normalized spacial score (nSPS) is 19.0. The minimum Gasteiger partial charge on any atom is -0.450 e. The molecule has 2 aliphatic heterocycles. The second-order valence-corrected chi connectivity index (χ2v) is 6.61. The smallest absolute Gasteiger partial charge is 0.409 e. The number of carbonyl (C=O) groups is 2. The Morgan fingerprint density at radius 1 is 0.960 bits per heavy atom. The highest BCUT2D eigenvalue weighted by atomic mass is 16.6. The number of piperidine rings is 1. The lowest BCUT2D eigenvalue weighted by Gasteiger charge is -2.39. The fourth-order valence-electron chi connectivity index (χ4n) is 3.61. The van der Waals surface area contributed by atoms with E-state index < -0.39 is 0 Å². The largest absolute Gasteiger partial charge is 0.450 e. The summed E-state index contributed by atoms with van der Waals surface area (Å²) >= 11 is 0. The number of ether oxygens (including phenoxy) is 1. The van der Waals surface area contributed by atoms with E-state index in [0.717, 1.165) is 39.0 Å². The van der Waals surface area contributed by atoms with Crippen molar-refractivity contribution in [3.05, 3.63) is 30.3 Å². The molecule has 0 unspecified atom stereocenters. The summed E-state index contributed by atoms with van der Waals surface area (Å²) in [7, 11) is 0. The Bertz CT molecular complexity index is 577. The van der Waals surface area contributed by atoms with Crippen molar-refractivity contribution in [3.63, 3.8) is 0 Å². The van der Waals surface area contributed by atoms with Crippen molar-refractivity contribution in [1.29, 1.82) is 0 Å². The van der Waals surface area contributed by atoms with Gasteiger partial charge in [-0.25, -0.2) is 4.79 Å². The van der Waals surface area contributed by atoms with Gasteiger partial charge in [0.15, 0.2) is 0 Å². The van der Waals surface area contributed by atoms with Crippen molar-refractivity contribution in [2.24, 2.45) is 5.92 Å². The maximum Gasteiger partial charge on any atom is 0.409 e. The third-order valence-corrected chi connectivity index (χ3v) is 5.08. The Hall–Kier alpha value is -2.24. The van der Waals surface area contributed by atoms with E-state index in [9.17, 15) is 9.59 Å². The van der Waals surface area contributed by atoms with Crippen molar-refractivity contribution in [1.82, 2.24) is 9.80 Å². The molecule has 3 rings (SSSR count). The second-order valence-electron chi connectivity index (χ2n) is 6.61. The summed E-state index contributed by atoms with van der Waals surface area (Å²) in [5, 5.41) is 0. The summed E-state index contributed by atoms with van der Waals surface area (Å²) in [5.41, 5.74) is 1.22. The average molecular weight is 345 g/mol. The predicted octanol–water partition coefficient (Wildman–Crippen LogP) is 2.20. The van der Waals surface area contributed by atoms with Crippen molar-refractivity contribution in [3.8, 4) is 0 Å². The van der Waals surface area contributed by atoms with Gasteiger partial charge in [-0.05, 0) is 31.9 Å². The molecule has 6 nitrogen and oxygen atoms in total. The fourth-order valence-corrected chi connectivity index (χ4v) is 3.61. The van der Waals surface area contributed by atoms with E-state index in [1.54, 1.807) is 4.90 Å². The van der Waals surface area contributed by atoms with Gasteiger partial charge in [0.2, 0.25) is 5.91 Å². The number of piperazine rings is 1. The Morgan fingerprint density at radius 2 is 1.60 bits per heavy atom. The van der Waals surface area contributed by atoms with Gasteiger partial charge >= 0.3 is 6.09 Å². The summed E-state index contributed by atoms with van der Waals surface area (Å²) in [6.45, 7) is 6.71. The lowest BCUT2D eigenvalue weighted by molar-refractivity contribution is -0.137. The van der Waals surface area contributed by atoms with E-state index in [1.165, 1.54) is 5.69 Å². The summed E-state index contributed by atoms with van der Waals surface area (Å²) < 4.78 is 5.03. The summed E-state index contributed by atoms with van der Waals surface area (Å²) in [5.74, 6) is 0.283. The standard InChI is InChI=1S/C19H27N3O3/c1-2-25-19(24)22-10-8-16(9-11-22)18(23)21-14-12-20(13-15-21)17-6-4-3-5-7-17/h3-7,16H,2,8-15H2,1H3. The lowest BCUT2D eigenvalue weighted by Crippen LogP contribution is -2.52. The molecular weight excluding hydrogens is 318 g/mol. The molecule has 2 heterocycles. The molecule has 6 heteroatoms. The number of hydrogen-bond donors (Lipinski definition) is 0. The average Bonchev–Trinajstić information content (AvgIpc) is 2.68. The highest BCUT2D eigenvalue weighted by Crippen LogP contribution is 2.22. The van der Waals surface area contributed by atoms with Crippen molar-refractivity contribution in [2.75, 3.05) is 50.8 Å². The van der Waals surface area contributed by atoms with E-state index in [-0.39, 0.29) is 17.9 Å². The van der Waals surface area contributed by atoms with Crippen LogP contribution in [0.15, 0.2) is 30.3 Å². The maximum absolute atomic E-state index is 12.8. The van der Waals surface area contributed by atoms with E-state index >= 15 is 0 Å². The third-order valence-electron chi connectivity index (χ3n) is 5.08. The number of likely N-dealkylation sites (tertiary alicyclic amines) is 1. The van der Waals surface area contributed by atoms with Crippen LogP contribution in [0.25, 0.3) is 0 Å². The molecule has 0 aromatic heterocycles.